The maximum absolute atomic E-state index is 13.2. The Kier molecular flexibility index (Phi) is 23.3. The second kappa shape index (κ2) is 29.0. The smallest absolute Gasteiger partial charge is 0.423 e. The molecule has 6 rings (SSSR count). The van der Waals surface area contributed by atoms with Crippen LogP contribution >= 0.6 is 15.9 Å². The zero-order valence-electron chi connectivity index (χ0n) is 41.9. The molecule has 6 aromatic carbocycles. The highest BCUT2D eigenvalue weighted by atomic mass is 79.9. The van der Waals surface area contributed by atoms with Crippen LogP contribution in [0.1, 0.15) is 83.5 Å². The van der Waals surface area contributed by atoms with Crippen molar-refractivity contribution < 1.29 is 29.2 Å². The lowest BCUT2D eigenvalue weighted by molar-refractivity contribution is -0.133. The van der Waals surface area contributed by atoms with Gasteiger partial charge in [-0.1, -0.05) is 171 Å². The third kappa shape index (κ3) is 18.9. The number of halogens is 1. The fourth-order valence-electron chi connectivity index (χ4n) is 7.68. The number of hydrogen-bond acceptors (Lipinski definition) is 6. The van der Waals surface area contributed by atoms with E-state index >= 15 is 0 Å². The van der Waals surface area contributed by atoms with Gasteiger partial charge in [0.2, 0.25) is 11.8 Å². The number of rotatable bonds is 18. The summed E-state index contributed by atoms with van der Waals surface area (Å²) in [6.45, 7) is 13.4. The van der Waals surface area contributed by atoms with Crippen molar-refractivity contribution in [3.8, 4) is 11.1 Å². The molecule has 0 aromatic heterocycles. The van der Waals surface area contributed by atoms with E-state index in [1.807, 2.05) is 111 Å². The van der Waals surface area contributed by atoms with E-state index in [-0.39, 0.29) is 29.5 Å². The number of amides is 4. The number of carbonyl (C=O) groups is 4. The monoisotopic (exact) mass is 1010 g/mol. The van der Waals surface area contributed by atoms with Gasteiger partial charge in [0.15, 0.2) is 0 Å². The number of nitrogens with zero attached hydrogens (tertiary/aromatic N) is 2. The number of benzene rings is 6. The second-order valence-corrected chi connectivity index (χ2v) is 19.3. The minimum atomic E-state index is -1.35. The fourth-order valence-corrected chi connectivity index (χ4v) is 7.94. The van der Waals surface area contributed by atoms with Crippen LogP contribution in [0.15, 0.2) is 162 Å². The molecule has 2 atom stereocenters. The molecule has 368 valence electrons. The molecule has 6 aromatic rings. The summed E-state index contributed by atoms with van der Waals surface area (Å²) in [6.07, 6.45) is 2.78. The minimum absolute atomic E-state index is 0.0508. The summed E-state index contributed by atoms with van der Waals surface area (Å²) >= 11 is 3.36. The van der Waals surface area contributed by atoms with Crippen molar-refractivity contribution in [1.82, 2.24) is 20.4 Å². The van der Waals surface area contributed by atoms with E-state index in [0.717, 1.165) is 34.0 Å². The summed E-state index contributed by atoms with van der Waals surface area (Å²) in [7, 11) is 2.26. The predicted molar refractivity (Wildman–Crippen MR) is 289 cm³/mol. The van der Waals surface area contributed by atoms with Gasteiger partial charge in [0.1, 0.15) is 12.1 Å². The van der Waals surface area contributed by atoms with E-state index in [0.29, 0.717) is 48.4 Å². The van der Waals surface area contributed by atoms with Gasteiger partial charge in [-0.3, -0.25) is 19.2 Å². The number of hydrogen-bond donors (Lipinski definition) is 4. The summed E-state index contributed by atoms with van der Waals surface area (Å²) in [5, 5.41) is 23.4. The quantitative estimate of drug-likeness (QED) is 0.0634. The average molecular weight is 1010 g/mol. The van der Waals surface area contributed by atoms with Crippen molar-refractivity contribution in [3.63, 3.8) is 0 Å². The van der Waals surface area contributed by atoms with Crippen LogP contribution in [0.3, 0.4) is 0 Å². The summed E-state index contributed by atoms with van der Waals surface area (Å²) in [5.41, 5.74) is 8.37. The van der Waals surface area contributed by atoms with Crippen molar-refractivity contribution in [3.05, 3.63) is 196 Å². The van der Waals surface area contributed by atoms with E-state index in [4.69, 9.17) is 10.0 Å². The molecule has 0 spiro atoms. The van der Waals surface area contributed by atoms with Crippen LogP contribution < -0.4 is 16.1 Å². The van der Waals surface area contributed by atoms with Gasteiger partial charge in [0, 0.05) is 42.8 Å². The lowest BCUT2D eigenvalue weighted by atomic mass is 9.77. The Hall–Kier alpha value is -6.34. The van der Waals surface area contributed by atoms with Crippen LogP contribution in [0.5, 0.6) is 0 Å². The second-order valence-electron chi connectivity index (χ2n) is 18.4. The van der Waals surface area contributed by atoms with E-state index in [2.05, 4.69) is 97.6 Å². The Morgan fingerprint density at radius 1 is 0.529 bits per heavy atom. The summed E-state index contributed by atoms with van der Waals surface area (Å²) < 4.78 is 0.912. The average Bonchev–Trinajstić information content (AvgIpc) is 3.35. The van der Waals surface area contributed by atoms with Gasteiger partial charge in [-0.15, -0.1) is 0 Å². The van der Waals surface area contributed by atoms with Crippen molar-refractivity contribution in [1.29, 1.82) is 0 Å². The Morgan fingerprint density at radius 3 is 1.30 bits per heavy atom. The van der Waals surface area contributed by atoms with Gasteiger partial charge in [0.05, 0.1) is 0 Å². The first-order valence-corrected chi connectivity index (χ1v) is 24.8. The maximum atomic E-state index is 13.2. The van der Waals surface area contributed by atoms with Crippen molar-refractivity contribution in [2.24, 2.45) is 11.8 Å². The topological polar surface area (TPSA) is 139 Å². The summed E-state index contributed by atoms with van der Waals surface area (Å²) in [5.74, 6) is 0.0336. The van der Waals surface area contributed by atoms with Gasteiger partial charge in [0.25, 0.3) is 11.8 Å². The van der Waals surface area contributed by atoms with E-state index in [1.165, 1.54) is 16.7 Å². The van der Waals surface area contributed by atoms with Crippen molar-refractivity contribution in [2.75, 3.05) is 27.2 Å². The van der Waals surface area contributed by atoms with Crippen molar-refractivity contribution in [2.45, 2.75) is 79.3 Å². The first kappa shape index (κ1) is 56.3. The largest absolute Gasteiger partial charge is 0.488 e. The van der Waals surface area contributed by atoms with Gasteiger partial charge in [-0.25, -0.2) is 0 Å². The SMILES string of the molecule is CC(C)CC(NC(=O)c1ccc(Br)cc1)C(=O)N(C)CCc1ccccc1.Cc1ccccc1-c1ccc(C(=O)NC(CC(C)C)C(=O)N(C)CCc2ccccc2)cc1.Cc1ccccc1B(O)O. The molecule has 0 aliphatic carbocycles. The fraction of sp³-hybridized carbons (Fsp3) is 0.310. The highest BCUT2D eigenvalue weighted by molar-refractivity contribution is 9.10. The zero-order valence-corrected chi connectivity index (χ0v) is 43.5. The number of carbonyl (C=O) groups excluding carboxylic acids is 4. The molecule has 70 heavy (non-hydrogen) atoms. The standard InChI is InChI=1S/C29H34N2O2.C22H27BrN2O2.C7H9BO2/c1-21(2)20-27(29(33)31(4)19-18-23-11-6-5-7-12-23)30-28(32)25-16-14-24(15-17-25)26-13-9-8-10-22(26)3;1-16(2)15-20(24-21(26)18-9-11-19(23)12-10-18)22(27)25(3)14-13-17-7-5-4-6-8-17;1-6-4-2-3-5-7(6)8(9)10/h5-17,21,27H,18-20H2,1-4H3,(H,30,32);4-12,16,20H,13-15H2,1-3H3,(H,24,26);2-5,9-10H,1H3. The number of likely N-dealkylation sites (N-methyl/N-ethyl adjacent to an activating group) is 2. The molecule has 0 radical (unpaired) electrons. The predicted octanol–water partition coefficient (Wildman–Crippen LogP) is 9.48. The molecule has 0 aliphatic heterocycles. The molecule has 0 aliphatic rings. The lowest BCUT2D eigenvalue weighted by Gasteiger charge is -2.26. The highest BCUT2D eigenvalue weighted by Gasteiger charge is 2.27. The first-order valence-electron chi connectivity index (χ1n) is 24.0. The highest BCUT2D eigenvalue weighted by Crippen LogP contribution is 2.24. The van der Waals surface area contributed by atoms with Gasteiger partial charge in [-0.05, 0) is 121 Å². The van der Waals surface area contributed by atoms with Gasteiger partial charge < -0.3 is 30.5 Å². The molecule has 0 bridgehead atoms. The lowest BCUT2D eigenvalue weighted by Crippen LogP contribution is -2.48. The number of aryl methyl sites for hydroxylation is 2. The molecule has 4 N–H and O–H groups in total. The van der Waals surface area contributed by atoms with E-state index < -0.39 is 19.2 Å². The Labute approximate surface area is 424 Å². The minimum Gasteiger partial charge on any atom is -0.423 e. The molecule has 0 saturated carbocycles. The van der Waals surface area contributed by atoms with Crippen LogP contribution in [-0.4, -0.2) is 89.9 Å². The Balaban J connectivity index is 0.000000258. The first-order chi connectivity index (χ1) is 33.4. The van der Waals surface area contributed by atoms with Crippen LogP contribution in [0.2, 0.25) is 0 Å². The van der Waals surface area contributed by atoms with E-state index in [9.17, 15) is 19.2 Å². The zero-order chi connectivity index (χ0) is 51.2. The Morgan fingerprint density at radius 2 is 0.914 bits per heavy atom. The van der Waals surface area contributed by atoms with Gasteiger partial charge in [-0.2, -0.15) is 0 Å². The van der Waals surface area contributed by atoms with Crippen LogP contribution in [0.25, 0.3) is 11.1 Å². The van der Waals surface area contributed by atoms with E-state index in [1.54, 1.807) is 41.1 Å². The summed E-state index contributed by atoms with van der Waals surface area (Å²) in [6, 6.07) is 49.2. The van der Waals surface area contributed by atoms with Crippen molar-refractivity contribution >= 4 is 52.1 Å². The van der Waals surface area contributed by atoms with Crippen LogP contribution in [-0.2, 0) is 22.4 Å². The molecule has 2 unspecified atom stereocenters. The molecule has 0 fully saturated rings. The molecule has 10 nitrogen and oxygen atoms in total. The molecule has 4 amide bonds. The van der Waals surface area contributed by atoms with Gasteiger partial charge >= 0.3 is 7.12 Å². The molecule has 12 heteroatoms. The summed E-state index contributed by atoms with van der Waals surface area (Å²) in [4.78, 5) is 55.0. The molecular weight excluding hydrogens is 939 g/mol. The third-order valence-electron chi connectivity index (χ3n) is 11.7. The Bertz CT molecular complexity index is 2540. The molecular formula is C58H70BBrN4O6. The molecule has 0 saturated heterocycles. The van der Waals surface area contributed by atoms with Crippen LogP contribution in [0, 0.1) is 25.7 Å². The normalized spacial score (nSPS) is 11.5. The molecule has 0 heterocycles. The maximum Gasteiger partial charge on any atom is 0.488 e. The third-order valence-corrected chi connectivity index (χ3v) is 12.2. The number of nitrogens with one attached hydrogen (secondary N) is 2. The van der Waals surface area contributed by atoms with Crippen LogP contribution in [0.4, 0.5) is 0 Å².